The van der Waals surface area contributed by atoms with Crippen LogP contribution in [0.1, 0.15) is 135 Å². The van der Waals surface area contributed by atoms with Gasteiger partial charge in [0.2, 0.25) is 0 Å². The number of rotatable bonds is 24. The van der Waals surface area contributed by atoms with Gasteiger partial charge in [0, 0.05) is 18.6 Å². The normalized spacial score (nSPS) is 13.0. The van der Waals surface area contributed by atoms with Gasteiger partial charge in [0.05, 0.1) is 34.2 Å². The third-order valence-electron chi connectivity index (χ3n) is 7.63. The third kappa shape index (κ3) is 12.8. The maximum absolute atomic E-state index is 6.06. The van der Waals surface area contributed by atoms with Crippen LogP contribution in [0.2, 0.25) is 6.32 Å². The highest BCUT2D eigenvalue weighted by Gasteiger charge is 2.38. The van der Waals surface area contributed by atoms with E-state index in [2.05, 4.69) is 53.0 Å². The molecule has 0 aliphatic rings. The average Bonchev–Trinajstić information content (AvgIpc) is 3.85. The molecule has 0 bridgehead atoms. The minimum absolute atomic E-state index is 0.414. The summed E-state index contributed by atoms with van der Waals surface area (Å²) >= 11 is 0. The Kier molecular flexibility index (Phi) is 15.8. The number of hydrogen-bond acceptors (Lipinski definition) is 9. The third-order valence-corrected chi connectivity index (χ3v) is 7.63. The Hall–Kier alpha value is -3.90. The summed E-state index contributed by atoms with van der Waals surface area (Å²) in [6, 6.07) is 5.44. The fourth-order valence-electron chi connectivity index (χ4n) is 4.80. The molecule has 0 saturated carbocycles. The van der Waals surface area contributed by atoms with E-state index < -0.39 is 6.75 Å². The Labute approximate surface area is 261 Å². The van der Waals surface area contributed by atoms with Gasteiger partial charge in [-0.05, 0) is 39.0 Å². The van der Waals surface area contributed by atoms with Crippen LogP contribution in [0.25, 0.3) is 0 Å². The SMILES string of the molecule is CCCCCCCCCCCCCCCC[B-](O/N=C(\C)c1ccn[nH]1)(O/N=C(\C)c1ccn[nH]1)O/N=C(\C)c1ccn[nH]1. The van der Waals surface area contributed by atoms with Crippen LogP contribution < -0.4 is 0 Å². The van der Waals surface area contributed by atoms with E-state index in [4.69, 9.17) is 14.3 Å². The van der Waals surface area contributed by atoms with Crippen molar-refractivity contribution in [2.24, 2.45) is 15.5 Å². The molecule has 12 nitrogen and oxygen atoms in total. The molecule has 0 aliphatic heterocycles. The molecule has 0 saturated heterocycles. The van der Waals surface area contributed by atoms with Crippen molar-refractivity contribution in [3.63, 3.8) is 0 Å². The van der Waals surface area contributed by atoms with Crippen LogP contribution in [0.4, 0.5) is 0 Å². The van der Waals surface area contributed by atoms with Crippen LogP contribution in [-0.2, 0) is 14.3 Å². The molecule has 0 fully saturated rings. The fraction of sp³-hybridized carbons (Fsp3) is 0.613. The molecule has 0 spiro atoms. The van der Waals surface area contributed by atoms with Gasteiger partial charge in [0.15, 0.2) is 0 Å². The molecule has 3 N–H and O–H groups in total. The lowest BCUT2D eigenvalue weighted by Crippen LogP contribution is -2.42. The van der Waals surface area contributed by atoms with Crippen LogP contribution in [0, 0.1) is 0 Å². The van der Waals surface area contributed by atoms with E-state index in [9.17, 15) is 0 Å². The first kappa shape index (κ1) is 34.6. The van der Waals surface area contributed by atoms with E-state index in [0.717, 1.165) is 36.3 Å². The largest absolute Gasteiger partial charge is 0.609 e. The molecular formula is C31H51BN9O3-. The number of aromatic amines is 3. The highest BCUT2D eigenvalue weighted by Crippen LogP contribution is 2.24. The quantitative estimate of drug-likeness (QED) is 0.0407. The Morgan fingerprint density at radius 1 is 0.545 bits per heavy atom. The highest BCUT2D eigenvalue weighted by atomic mass is 16.9. The molecule has 0 radical (unpaired) electrons. The van der Waals surface area contributed by atoms with Gasteiger partial charge in [-0.2, -0.15) is 15.3 Å². The van der Waals surface area contributed by atoms with E-state index >= 15 is 0 Å². The average molecular weight is 609 g/mol. The van der Waals surface area contributed by atoms with Crippen LogP contribution in [0.3, 0.4) is 0 Å². The maximum atomic E-state index is 6.06. The number of oxime groups is 3. The minimum Gasteiger partial charge on any atom is -0.540 e. The molecule has 0 unspecified atom stereocenters. The lowest BCUT2D eigenvalue weighted by Gasteiger charge is -2.34. The van der Waals surface area contributed by atoms with Crippen LogP contribution in [0.15, 0.2) is 52.3 Å². The first-order valence-corrected chi connectivity index (χ1v) is 16.4. The fourth-order valence-corrected chi connectivity index (χ4v) is 4.80. The number of nitrogens with one attached hydrogen (secondary N) is 3. The minimum atomic E-state index is -2.55. The van der Waals surface area contributed by atoms with Crippen LogP contribution in [-0.4, -0.2) is 54.5 Å². The zero-order valence-corrected chi connectivity index (χ0v) is 27.1. The Bertz CT molecular complexity index is 1100. The summed E-state index contributed by atoms with van der Waals surface area (Å²) in [6.45, 7) is 5.17. The second-order valence-corrected chi connectivity index (χ2v) is 11.4. The van der Waals surface area contributed by atoms with Crippen LogP contribution in [0.5, 0.6) is 0 Å². The number of hydrogen-bond donors (Lipinski definition) is 3. The molecule has 44 heavy (non-hydrogen) atoms. The smallest absolute Gasteiger partial charge is 0.540 e. The number of unbranched alkanes of at least 4 members (excludes halogenated alkanes) is 13. The van der Waals surface area contributed by atoms with Gasteiger partial charge in [-0.25, -0.2) is 0 Å². The van der Waals surface area contributed by atoms with Crippen molar-refractivity contribution in [3.05, 3.63) is 53.9 Å². The van der Waals surface area contributed by atoms with E-state index in [0.29, 0.717) is 23.5 Å². The van der Waals surface area contributed by atoms with Gasteiger partial charge < -0.3 is 14.3 Å². The van der Waals surface area contributed by atoms with Crippen molar-refractivity contribution >= 4 is 23.9 Å². The maximum Gasteiger partial charge on any atom is 0.609 e. The van der Waals surface area contributed by atoms with Crippen molar-refractivity contribution in [2.45, 2.75) is 124 Å². The monoisotopic (exact) mass is 608 g/mol. The van der Waals surface area contributed by atoms with Crippen molar-refractivity contribution in [3.8, 4) is 0 Å². The molecule has 3 rings (SSSR count). The summed E-state index contributed by atoms with van der Waals surface area (Å²) in [5, 5.41) is 33.7. The lowest BCUT2D eigenvalue weighted by molar-refractivity contribution is 0.0653. The Balaban J connectivity index is 1.60. The lowest BCUT2D eigenvalue weighted by atomic mass is 9.73. The number of aromatic nitrogens is 6. The molecular weight excluding hydrogens is 557 g/mol. The first-order chi connectivity index (χ1) is 21.5. The van der Waals surface area contributed by atoms with E-state index in [1.807, 2.05) is 39.0 Å². The van der Waals surface area contributed by atoms with E-state index in [1.54, 1.807) is 18.6 Å². The molecule has 0 aliphatic carbocycles. The van der Waals surface area contributed by atoms with E-state index in [1.165, 1.54) is 70.6 Å². The summed E-state index contributed by atoms with van der Waals surface area (Å²) in [5.41, 5.74) is 3.93. The van der Waals surface area contributed by atoms with Crippen molar-refractivity contribution < 1.29 is 14.3 Å². The summed E-state index contributed by atoms with van der Waals surface area (Å²) in [7, 11) is 0. The topological polar surface area (TPSA) is 151 Å². The van der Waals surface area contributed by atoms with Crippen molar-refractivity contribution in [1.82, 2.24) is 30.6 Å². The zero-order chi connectivity index (χ0) is 31.3. The van der Waals surface area contributed by atoms with Gasteiger partial charge in [0.1, 0.15) is 0 Å². The summed E-state index contributed by atoms with van der Waals surface area (Å²) in [4.78, 5) is 0. The Morgan fingerprint density at radius 3 is 1.16 bits per heavy atom. The zero-order valence-electron chi connectivity index (χ0n) is 27.1. The Morgan fingerprint density at radius 2 is 0.864 bits per heavy atom. The highest BCUT2D eigenvalue weighted by molar-refractivity contribution is 6.60. The second-order valence-electron chi connectivity index (χ2n) is 11.4. The summed E-state index contributed by atoms with van der Waals surface area (Å²) < 4.78 is 18.2. The molecule has 13 heteroatoms. The van der Waals surface area contributed by atoms with Crippen LogP contribution >= 0.6 is 0 Å². The summed E-state index contributed by atoms with van der Waals surface area (Å²) in [6.07, 6.45) is 23.0. The van der Waals surface area contributed by atoms with Crippen molar-refractivity contribution in [2.75, 3.05) is 0 Å². The van der Waals surface area contributed by atoms with Gasteiger partial charge in [-0.1, -0.05) is 103 Å². The predicted molar refractivity (Wildman–Crippen MR) is 177 cm³/mol. The molecule has 0 aromatic carbocycles. The molecule has 0 amide bonds. The molecule has 242 valence electrons. The standard InChI is InChI=1S/C31H51BN9O3/c1-5-6-7-8-9-10-11-12-13-14-15-16-17-18-22-32(42-39-26(2)29-19-23-33-36-29,43-40-27(3)30-20-24-34-37-30)44-41-28(4)31-21-25-35-38-31/h19-21,23-25H,5-18,22H2,1-4H3,(H,33,36)(H,34,37)(H,35,38)/q-1/b39-26+,40-27+,41-28+. The number of nitrogens with zero attached hydrogens (tertiary/aromatic N) is 6. The van der Waals surface area contributed by atoms with Gasteiger partial charge in [-0.15, -0.1) is 15.5 Å². The first-order valence-electron chi connectivity index (χ1n) is 16.4. The van der Waals surface area contributed by atoms with Crippen molar-refractivity contribution in [1.29, 1.82) is 0 Å². The van der Waals surface area contributed by atoms with E-state index in [-0.39, 0.29) is 0 Å². The molecule has 3 aromatic heterocycles. The number of H-pyrrole nitrogens is 3. The predicted octanol–water partition coefficient (Wildman–Crippen LogP) is 7.90. The van der Waals surface area contributed by atoms with Gasteiger partial charge >= 0.3 is 6.75 Å². The molecule has 0 atom stereocenters. The molecule has 3 heterocycles. The van der Waals surface area contributed by atoms with Gasteiger partial charge in [-0.3, -0.25) is 15.3 Å². The molecule has 3 aromatic rings. The van der Waals surface area contributed by atoms with Gasteiger partial charge in [0.25, 0.3) is 0 Å². The summed E-state index contributed by atoms with van der Waals surface area (Å²) in [5.74, 6) is 0. The second kappa shape index (κ2) is 20.1.